The van der Waals surface area contributed by atoms with Crippen LogP contribution in [0, 0.1) is 13.8 Å². The van der Waals surface area contributed by atoms with E-state index in [1.54, 1.807) is 18.7 Å². The number of methoxy groups -OCH3 is 1. The summed E-state index contributed by atoms with van der Waals surface area (Å²) >= 11 is 0. The number of hydrogen-bond acceptors (Lipinski definition) is 5. The second-order valence-corrected chi connectivity index (χ2v) is 8.49. The monoisotopic (exact) mass is 466 g/mol. The Morgan fingerprint density at radius 2 is 2.00 bits per heavy atom. The van der Waals surface area contributed by atoms with Gasteiger partial charge < -0.3 is 10.1 Å². The first kappa shape index (κ1) is 22.0. The molecule has 1 saturated carbocycles. The van der Waals surface area contributed by atoms with E-state index >= 15 is 0 Å². The van der Waals surface area contributed by atoms with Gasteiger partial charge >= 0.3 is 0 Å². The van der Waals surface area contributed by atoms with E-state index < -0.39 is 12.3 Å². The van der Waals surface area contributed by atoms with Crippen molar-refractivity contribution in [2.24, 2.45) is 0 Å². The van der Waals surface area contributed by atoms with Crippen molar-refractivity contribution in [3.05, 3.63) is 70.4 Å². The topological polar surface area (TPSA) is 86.3 Å². The van der Waals surface area contributed by atoms with Crippen molar-refractivity contribution in [2.75, 3.05) is 12.4 Å². The minimum Gasteiger partial charge on any atom is -0.497 e. The highest BCUT2D eigenvalue weighted by atomic mass is 19.3. The molecule has 176 valence electrons. The van der Waals surface area contributed by atoms with Crippen LogP contribution in [0.15, 0.2) is 36.4 Å². The molecule has 1 aliphatic carbocycles. The van der Waals surface area contributed by atoms with Gasteiger partial charge in [-0.15, -0.1) is 0 Å². The predicted octanol–water partition coefficient (Wildman–Crippen LogP) is 4.67. The Balaban J connectivity index is 1.41. The summed E-state index contributed by atoms with van der Waals surface area (Å²) in [6, 6.07) is 10.5. The number of carbonyl (C=O) groups is 1. The number of hydrogen-bond donors (Lipinski definition) is 1. The van der Waals surface area contributed by atoms with Gasteiger partial charge in [0.15, 0.2) is 11.3 Å². The number of aryl methyl sites for hydroxylation is 1. The summed E-state index contributed by atoms with van der Waals surface area (Å²) in [4.78, 5) is 17.4. The van der Waals surface area contributed by atoms with Crippen LogP contribution in [0.3, 0.4) is 0 Å². The molecule has 1 N–H and O–H groups in total. The Morgan fingerprint density at radius 1 is 1.21 bits per heavy atom. The quantitative estimate of drug-likeness (QED) is 0.428. The standard InChI is InChI=1S/C24H24F2N6O2/c1-13-22(14(2)31(29-13)12-15-5-4-6-17(9-15)34-3)28-24(33)19-11-21-27-18(16-7-8-16)10-20(23(25)26)32(21)30-19/h4-6,9-11,16,23H,7-8,12H2,1-3H3,(H,28,33). The molecule has 0 bridgehead atoms. The number of nitrogens with zero attached hydrogens (tertiary/aromatic N) is 5. The van der Waals surface area contributed by atoms with Gasteiger partial charge in [-0.3, -0.25) is 9.48 Å². The Hall–Kier alpha value is -3.82. The normalized spacial score (nSPS) is 13.6. The van der Waals surface area contributed by atoms with Crippen LogP contribution in [0.4, 0.5) is 14.5 Å². The first-order valence-electron chi connectivity index (χ1n) is 11.0. The summed E-state index contributed by atoms with van der Waals surface area (Å²) in [5.41, 5.74) is 3.59. The molecule has 0 unspecified atom stereocenters. The number of carbonyl (C=O) groups excluding carboxylic acids is 1. The molecule has 8 nitrogen and oxygen atoms in total. The van der Waals surface area contributed by atoms with Crippen LogP contribution in [0.1, 0.15) is 64.0 Å². The second-order valence-electron chi connectivity index (χ2n) is 8.49. The smallest absolute Gasteiger partial charge is 0.280 e. The SMILES string of the molecule is COc1cccc(Cn2nc(C)c(NC(=O)c3cc4nc(C5CC5)cc(C(F)F)n4n3)c2C)c1. The number of fused-ring (bicyclic) bond motifs is 1. The van der Waals surface area contributed by atoms with E-state index in [0.717, 1.165) is 34.4 Å². The van der Waals surface area contributed by atoms with Crippen LogP contribution in [0.5, 0.6) is 5.75 Å². The number of benzene rings is 1. The van der Waals surface area contributed by atoms with E-state index in [1.807, 2.05) is 31.2 Å². The van der Waals surface area contributed by atoms with Crippen LogP contribution >= 0.6 is 0 Å². The average Bonchev–Trinajstić information content (AvgIpc) is 3.53. The molecule has 3 aromatic heterocycles. The van der Waals surface area contributed by atoms with Crippen molar-refractivity contribution < 1.29 is 18.3 Å². The summed E-state index contributed by atoms with van der Waals surface area (Å²) < 4.78 is 35.4. The van der Waals surface area contributed by atoms with Crippen LogP contribution in [-0.4, -0.2) is 37.4 Å². The Kier molecular flexibility index (Phi) is 5.51. The molecule has 0 radical (unpaired) electrons. The maximum absolute atomic E-state index is 13.6. The third kappa shape index (κ3) is 4.11. The molecule has 0 spiro atoms. The van der Waals surface area contributed by atoms with E-state index in [9.17, 15) is 13.6 Å². The largest absolute Gasteiger partial charge is 0.497 e. The van der Waals surface area contributed by atoms with E-state index in [0.29, 0.717) is 23.6 Å². The number of rotatable bonds is 7. The van der Waals surface area contributed by atoms with Crippen molar-refractivity contribution in [3.63, 3.8) is 0 Å². The Morgan fingerprint density at radius 3 is 2.71 bits per heavy atom. The van der Waals surface area contributed by atoms with Gasteiger partial charge in [-0.05, 0) is 50.5 Å². The molecule has 5 rings (SSSR count). The Bertz CT molecular complexity index is 1390. The number of alkyl halides is 2. The average molecular weight is 466 g/mol. The summed E-state index contributed by atoms with van der Waals surface area (Å²) in [7, 11) is 1.61. The van der Waals surface area contributed by atoms with Crippen LogP contribution in [-0.2, 0) is 6.54 Å². The van der Waals surface area contributed by atoms with Crippen molar-refractivity contribution in [1.29, 1.82) is 0 Å². The van der Waals surface area contributed by atoms with Crippen molar-refractivity contribution >= 4 is 17.2 Å². The lowest BCUT2D eigenvalue weighted by Gasteiger charge is -2.08. The van der Waals surface area contributed by atoms with Gasteiger partial charge in [0.05, 0.1) is 30.7 Å². The molecule has 1 amide bonds. The second kappa shape index (κ2) is 8.51. The molecule has 0 atom stereocenters. The van der Waals surface area contributed by atoms with Crippen LogP contribution in [0.25, 0.3) is 5.65 Å². The van der Waals surface area contributed by atoms with E-state index in [4.69, 9.17) is 4.74 Å². The molecule has 1 fully saturated rings. The van der Waals surface area contributed by atoms with Gasteiger partial charge in [0, 0.05) is 17.7 Å². The molecule has 1 aliphatic rings. The highest BCUT2D eigenvalue weighted by molar-refractivity contribution is 6.04. The highest BCUT2D eigenvalue weighted by Gasteiger charge is 2.28. The third-order valence-electron chi connectivity index (χ3n) is 6.01. The van der Waals surface area contributed by atoms with Gasteiger partial charge in [-0.1, -0.05) is 12.1 Å². The molecule has 1 aromatic carbocycles. The van der Waals surface area contributed by atoms with E-state index in [1.165, 1.54) is 12.1 Å². The van der Waals surface area contributed by atoms with E-state index in [-0.39, 0.29) is 23.0 Å². The fraction of sp³-hybridized carbons (Fsp3) is 0.333. The molecule has 0 saturated heterocycles. The molecular formula is C24H24F2N6O2. The van der Waals surface area contributed by atoms with Gasteiger partial charge in [0.25, 0.3) is 12.3 Å². The molecule has 34 heavy (non-hydrogen) atoms. The maximum Gasteiger partial charge on any atom is 0.280 e. The third-order valence-corrected chi connectivity index (χ3v) is 6.01. The first-order valence-corrected chi connectivity index (χ1v) is 11.0. The molecule has 3 heterocycles. The zero-order chi connectivity index (χ0) is 24.0. The maximum atomic E-state index is 13.6. The number of nitrogens with one attached hydrogen (secondary N) is 1. The lowest BCUT2D eigenvalue weighted by Crippen LogP contribution is -2.14. The minimum absolute atomic E-state index is 0.0155. The van der Waals surface area contributed by atoms with Gasteiger partial charge in [0.1, 0.15) is 11.4 Å². The predicted molar refractivity (Wildman–Crippen MR) is 122 cm³/mol. The lowest BCUT2D eigenvalue weighted by molar-refractivity contribution is 0.102. The zero-order valence-electron chi connectivity index (χ0n) is 19.0. The fourth-order valence-corrected chi connectivity index (χ4v) is 4.03. The van der Waals surface area contributed by atoms with Crippen molar-refractivity contribution in [2.45, 2.75) is 45.6 Å². The van der Waals surface area contributed by atoms with E-state index in [2.05, 4.69) is 20.5 Å². The molecule has 0 aliphatic heterocycles. The number of amides is 1. The molecular weight excluding hydrogens is 442 g/mol. The number of halogens is 2. The van der Waals surface area contributed by atoms with Crippen LogP contribution < -0.4 is 10.1 Å². The minimum atomic E-state index is -2.72. The van der Waals surface area contributed by atoms with Crippen molar-refractivity contribution in [1.82, 2.24) is 24.4 Å². The van der Waals surface area contributed by atoms with Gasteiger partial charge in [-0.2, -0.15) is 10.2 Å². The Labute approximate surface area is 194 Å². The molecule has 10 heteroatoms. The van der Waals surface area contributed by atoms with Crippen molar-refractivity contribution in [3.8, 4) is 5.75 Å². The molecule has 4 aromatic rings. The van der Waals surface area contributed by atoms with Gasteiger partial charge in [0.2, 0.25) is 0 Å². The summed E-state index contributed by atoms with van der Waals surface area (Å²) in [5, 5.41) is 11.5. The fourth-order valence-electron chi connectivity index (χ4n) is 4.03. The lowest BCUT2D eigenvalue weighted by atomic mass is 10.2. The highest BCUT2D eigenvalue weighted by Crippen LogP contribution is 2.40. The summed E-state index contributed by atoms with van der Waals surface area (Å²) in [6.45, 7) is 4.16. The number of ether oxygens (including phenoxy) is 1. The van der Waals surface area contributed by atoms with Gasteiger partial charge in [-0.25, -0.2) is 18.3 Å². The zero-order valence-corrected chi connectivity index (χ0v) is 19.0. The summed E-state index contributed by atoms with van der Waals surface area (Å²) in [6.07, 6.45) is -0.852. The summed E-state index contributed by atoms with van der Waals surface area (Å²) in [5.74, 6) is 0.447. The first-order chi connectivity index (χ1) is 16.3. The van der Waals surface area contributed by atoms with Crippen LogP contribution in [0.2, 0.25) is 0 Å². The number of aromatic nitrogens is 5. The number of anilines is 1.